The second-order valence-electron chi connectivity index (χ2n) is 3.04. The van der Waals surface area contributed by atoms with Gasteiger partial charge in [-0.2, -0.15) is 0 Å². The van der Waals surface area contributed by atoms with E-state index in [1.807, 2.05) is 0 Å². The minimum absolute atomic E-state index is 0.0842. The third-order valence-electron chi connectivity index (χ3n) is 2.30. The molecule has 0 saturated carbocycles. The Morgan fingerprint density at radius 3 is 2.92 bits per heavy atom. The van der Waals surface area contributed by atoms with E-state index in [2.05, 4.69) is 4.74 Å². The molecule has 2 aliphatic heterocycles. The summed E-state index contributed by atoms with van der Waals surface area (Å²) < 4.78 is 23.2. The van der Waals surface area contributed by atoms with Crippen LogP contribution in [0.15, 0.2) is 12.2 Å². The van der Waals surface area contributed by atoms with Gasteiger partial charge >= 0.3 is 5.97 Å². The minimum Gasteiger partial charge on any atom is -0.467 e. The molecule has 0 aromatic rings. The van der Waals surface area contributed by atoms with Gasteiger partial charge < -0.3 is 9.47 Å². The number of carbonyl (C=O) groups excluding carboxylic acids is 1. The minimum atomic E-state index is -1.95. The predicted octanol–water partition coefficient (Wildman–Crippen LogP) is 0.595. The van der Waals surface area contributed by atoms with Gasteiger partial charge in [0, 0.05) is 6.42 Å². The van der Waals surface area contributed by atoms with Crippen molar-refractivity contribution in [3.63, 3.8) is 0 Å². The number of methoxy groups -OCH3 is 1. The summed E-state index contributed by atoms with van der Waals surface area (Å²) in [5.41, 5.74) is -1.95. The van der Waals surface area contributed by atoms with Gasteiger partial charge in [0.25, 0.3) is 0 Å². The number of esters is 1. The van der Waals surface area contributed by atoms with Crippen LogP contribution in [0.5, 0.6) is 0 Å². The van der Waals surface area contributed by atoms with Gasteiger partial charge in [-0.05, 0) is 0 Å². The summed E-state index contributed by atoms with van der Waals surface area (Å²) in [6, 6.07) is 0. The highest BCUT2D eigenvalue weighted by molar-refractivity contribution is 5.81. The summed E-state index contributed by atoms with van der Waals surface area (Å²) in [5.74, 6) is -0.834. The van der Waals surface area contributed by atoms with Crippen LogP contribution >= 0.6 is 0 Å². The van der Waals surface area contributed by atoms with E-state index in [4.69, 9.17) is 4.74 Å². The molecule has 1 fully saturated rings. The highest BCUT2D eigenvalue weighted by Crippen LogP contribution is 2.40. The SMILES string of the molecule is COC(=O)[C@@]1(F)C[C@@H]2C=C[C@H]1O2. The lowest BCUT2D eigenvalue weighted by Gasteiger charge is -2.20. The Morgan fingerprint density at radius 1 is 1.75 bits per heavy atom. The van der Waals surface area contributed by atoms with Gasteiger partial charge in [-0.15, -0.1) is 0 Å². The van der Waals surface area contributed by atoms with E-state index >= 15 is 0 Å². The average Bonchev–Trinajstić information content (AvgIpc) is 2.62. The van der Waals surface area contributed by atoms with Gasteiger partial charge in [0.2, 0.25) is 5.67 Å². The van der Waals surface area contributed by atoms with Crippen LogP contribution in [0.4, 0.5) is 4.39 Å². The van der Waals surface area contributed by atoms with Crippen molar-refractivity contribution in [2.75, 3.05) is 7.11 Å². The second kappa shape index (κ2) is 2.29. The van der Waals surface area contributed by atoms with Gasteiger partial charge in [0.05, 0.1) is 13.2 Å². The van der Waals surface area contributed by atoms with Gasteiger partial charge in [-0.1, -0.05) is 12.2 Å². The van der Waals surface area contributed by atoms with Crippen LogP contribution in [0.2, 0.25) is 0 Å². The highest BCUT2D eigenvalue weighted by Gasteiger charge is 2.56. The predicted molar refractivity (Wildman–Crippen MR) is 38.3 cm³/mol. The zero-order chi connectivity index (χ0) is 8.77. The first-order valence-electron chi connectivity index (χ1n) is 3.78. The topological polar surface area (TPSA) is 35.5 Å². The molecule has 3 atom stereocenters. The molecule has 0 aromatic heterocycles. The first-order chi connectivity index (χ1) is 5.66. The molecule has 2 heterocycles. The van der Waals surface area contributed by atoms with E-state index in [-0.39, 0.29) is 12.5 Å². The molecule has 66 valence electrons. The molecule has 0 aliphatic carbocycles. The van der Waals surface area contributed by atoms with Crippen LogP contribution in [0.25, 0.3) is 0 Å². The van der Waals surface area contributed by atoms with Crippen molar-refractivity contribution < 1.29 is 18.7 Å². The van der Waals surface area contributed by atoms with Crippen molar-refractivity contribution in [2.45, 2.75) is 24.3 Å². The van der Waals surface area contributed by atoms with Gasteiger partial charge in [-0.25, -0.2) is 9.18 Å². The van der Waals surface area contributed by atoms with Gasteiger partial charge in [0.1, 0.15) is 6.10 Å². The monoisotopic (exact) mass is 172 g/mol. The largest absolute Gasteiger partial charge is 0.467 e. The van der Waals surface area contributed by atoms with E-state index in [9.17, 15) is 9.18 Å². The lowest BCUT2D eigenvalue weighted by molar-refractivity contribution is -0.156. The molecule has 1 saturated heterocycles. The van der Waals surface area contributed by atoms with Gasteiger partial charge in [0.15, 0.2) is 0 Å². The number of fused-ring (bicyclic) bond motifs is 2. The molecule has 4 heteroatoms. The van der Waals surface area contributed by atoms with Crippen molar-refractivity contribution in [3.8, 4) is 0 Å². The average molecular weight is 172 g/mol. The standard InChI is InChI=1S/C8H9FO3/c1-11-7(10)8(9)4-5-2-3-6(8)12-5/h2-3,5-6H,4H2,1H3/t5-,6+,8+/m0/s1. The Morgan fingerprint density at radius 2 is 2.50 bits per heavy atom. The maximum atomic E-state index is 13.8. The van der Waals surface area contributed by atoms with Crippen molar-refractivity contribution in [3.05, 3.63) is 12.2 Å². The van der Waals surface area contributed by atoms with Crippen LogP contribution in [0.1, 0.15) is 6.42 Å². The first kappa shape index (κ1) is 7.73. The maximum absolute atomic E-state index is 13.8. The third-order valence-corrected chi connectivity index (χ3v) is 2.30. The zero-order valence-corrected chi connectivity index (χ0v) is 6.62. The van der Waals surface area contributed by atoms with Crippen molar-refractivity contribution >= 4 is 5.97 Å². The molecule has 0 N–H and O–H groups in total. The molecular formula is C8H9FO3. The fourth-order valence-electron chi connectivity index (χ4n) is 1.66. The number of hydrogen-bond acceptors (Lipinski definition) is 3. The Labute approximate surface area is 69.1 Å². The van der Waals surface area contributed by atoms with Crippen molar-refractivity contribution in [1.29, 1.82) is 0 Å². The number of halogens is 1. The molecule has 0 aromatic carbocycles. The summed E-state index contributed by atoms with van der Waals surface area (Å²) in [7, 11) is 1.18. The quantitative estimate of drug-likeness (QED) is 0.429. The van der Waals surface area contributed by atoms with E-state index in [0.29, 0.717) is 0 Å². The van der Waals surface area contributed by atoms with E-state index in [1.54, 1.807) is 12.2 Å². The smallest absolute Gasteiger partial charge is 0.346 e. The molecule has 0 amide bonds. The van der Waals surface area contributed by atoms with Crippen LogP contribution in [0, 0.1) is 0 Å². The van der Waals surface area contributed by atoms with E-state index in [0.717, 1.165) is 0 Å². The van der Waals surface area contributed by atoms with Gasteiger partial charge in [-0.3, -0.25) is 0 Å². The summed E-state index contributed by atoms with van der Waals surface area (Å²) in [6.07, 6.45) is 2.44. The molecule has 12 heavy (non-hydrogen) atoms. The summed E-state index contributed by atoms with van der Waals surface area (Å²) in [6.45, 7) is 0. The molecular weight excluding hydrogens is 163 g/mol. The van der Waals surface area contributed by atoms with Crippen LogP contribution in [-0.4, -0.2) is 31.0 Å². The Kier molecular flexibility index (Phi) is 1.48. The number of rotatable bonds is 1. The van der Waals surface area contributed by atoms with Crippen molar-refractivity contribution in [2.24, 2.45) is 0 Å². The molecule has 2 aliphatic rings. The second-order valence-corrected chi connectivity index (χ2v) is 3.04. The lowest BCUT2D eigenvalue weighted by atomic mass is 9.91. The maximum Gasteiger partial charge on any atom is 0.346 e. The fraction of sp³-hybridized carbons (Fsp3) is 0.625. The van der Waals surface area contributed by atoms with Crippen LogP contribution < -0.4 is 0 Å². The normalized spacial score (nSPS) is 43.5. The van der Waals surface area contributed by atoms with E-state index < -0.39 is 17.7 Å². The molecule has 0 spiro atoms. The first-order valence-corrected chi connectivity index (χ1v) is 3.78. The number of alkyl halides is 1. The number of carbonyl (C=O) groups is 1. The fourth-order valence-corrected chi connectivity index (χ4v) is 1.66. The van der Waals surface area contributed by atoms with E-state index in [1.165, 1.54) is 7.11 Å². The van der Waals surface area contributed by atoms with Crippen molar-refractivity contribution in [1.82, 2.24) is 0 Å². The van der Waals surface area contributed by atoms with Crippen LogP contribution in [0.3, 0.4) is 0 Å². The molecule has 0 radical (unpaired) electrons. The summed E-state index contributed by atoms with van der Waals surface area (Å²) >= 11 is 0. The third kappa shape index (κ3) is 0.813. The molecule has 2 bridgehead atoms. The zero-order valence-electron chi connectivity index (χ0n) is 6.62. The highest BCUT2D eigenvalue weighted by atomic mass is 19.1. The Bertz CT molecular complexity index is 251. The molecule has 0 unspecified atom stereocenters. The Balaban J connectivity index is 2.23. The molecule has 3 nitrogen and oxygen atoms in total. The molecule has 2 rings (SSSR count). The number of ether oxygens (including phenoxy) is 2. The summed E-state index contributed by atoms with van der Waals surface area (Å²) in [5, 5.41) is 0. The van der Waals surface area contributed by atoms with Crippen LogP contribution in [-0.2, 0) is 14.3 Å². The summed E-state index contributed by atoms with van der Waals surface area (Å²) in [4.78, 5) is 11.0. The Hall–Kier alpha value is -0.900. The number of hydrogen-bond donors (Lipinski definition) is 0. The lowest BCUT2D eigenvalue weighted by Crippen LogP contribution is -2.42.